The summed E-state index contributed by atoms with van der Waals surface area (Å²) in [4.78, 5) is 0. The molecular formula is C7H14N2. The van der Waals surface area contributed by atoms with Gasteiger partial charge in [0.05, 0.1) is 0 Å². The van der Waals surface area contributed by atoms with Crippen LogP contribution in [0, 0.1) is 11.8 Å². The molecule has 0 aromatic heterocycles. The quantitative estimate of drug-likeness (QED) is 0.516. The molecule has 1 aliphatic carbocycles. The van der Waals surface area contributed by atoms with Gasteiger partial charge in [0.15, 0.2) is 0 Å². The Morgan fingerprint density at radius 1 is 1.22 bits per heavy atom. The van der Waals surface area contributed by atoms with E-state index in [-0.39, 0.29) is 0 Å². The minimum absolute atomic E-state index is 0.456. The van der Waals surface area contributed by atoms with Gasteiger partial charge in [0.1, 0.15) is 0 Å². The summed E-state index contributed by atoms with van der Waals surface area (Å²) in [5, 5.41) is 3.32. The van der Waals surface area contributed by atoms with Crippen molar-refractivity contribution in [2.45, 2.75) is 18.9 Å². The molecule has 0 unspecified atom stereocenters. The SMILES string of the molecule is N[C@@H]1CNC[C@H]1C1CC1. The fraction of sp³-hybridized carbons (Fsp3) is 1.00. The van der Waals surface area contributed by atoms with Crippen LogP contribution in [0.1, 0.15) is 12.8 Å². The highest BCUT2D eigenvalue weighted by Crippen LogP contribution is 2.38. The van der Waals surface area contributed by atoms with Crippen LogP contribution in [-0.4, -0.2) is 19.1 Å². The number of hydrogen-bond donors (Lipinski definition) is 2. The average molecular weight is 126 g/mol. The van der Waals surface area contributed by atoms with Crippen LogP contribution >= 0.6 is 0 Å². The minimum atomic E-state index is 0.456. The minimum Gasteiger partial charge on any atom is -0.326 e. The van der Waals surface area contributed by atoms with E-state index in [9.17, 15) is 0 Å². The summed E-state index contributed by atoms with van der Waals surface area (Å²) in [6.07, 6.45) is 2.86. The lowest BCUT2D eigenvalue weighted by Crippen LogP contribution is -2.29. The van der Waals surface area contributed by atoms with Gasteiger partial charge in [-0.3, -0.25) is 0 Å². The van der Waals surface area contributed by atoms with Gasteiger partial charge in [0.2, 0.25) is 0 Å². The molecule has 1 saturated heterocycles. The first-order valence-electron chi connectivity index (χ1n) is 3.84. The molecule has 2 nitrogen and oxygen atoms in total. The van der Waals surface area contributed by atoms with Gasteiger partial charge in [0, 0.05) is 12.6 Å². The fourth-order valence-electron chi connectivity index (χ4n) is 1.76. The first-order valence-corrected chi connectivity index (χ1v) is 3.84. The van der Waals surface area contributed by atoms with Crippen LogP contribution in [0.25, 0.3) is 0 Å². The lowest BCUT2D eigenvalue weighted by molar-refractivity contribution is 0.455. The summed E-state index contributed by atoms with van der Waals surface area (Å²) in [6.45, 7) is 2.22. The van der Waals surface area contributed by atoms with Crippen LogP contribution in [0.3, 0.4) is 0 Å². The summed E-state index contributed by atoms with van der Waals surface area (Å²) in [7, 11) is 0. The Labute approximate surface area is 55.8 Å². The van der Waals surface area contributed by atoms with Gasteiger partial charge < -0.3 is 11.1 Å². The van der Waals surface area contributed by atoms with Crippen molar-refractivity contribution >= 4 is 0 Å². The molecule has 0 amide bonds. The number of rotatable bonds is 1. The predicted molar refractivity (Wildman–Crippen MR) is 37.1 cm³/mol. The summed E-state index contributed by atoms with van der Waals surface area (Å²) in [6, 6.07) is 0.456. The van der Waals surface area contributed by atoms with Gasteiger partial charge in [-0.1, -0.05) is 0 Å². The van der Waals surface area contributed by atoms with E-state index in [1.807, 2.05) is 0 Å². The van der Waals surface area contributed by atoms with Crippen LogP contribution in [0.15, 0.2) is 0 Å². The van der Waals surface area contributed by atoms with E-state index in [4.69, 9.17) is 5.73 Å². The van der Waals surface area contributed by atoms with E-state index >= 15 is 0 Å². The Hall–Kier alpha value is -0.0800. The Bertz CT molecular complexity index is 109. The lowest BCUT2D eigenvalue weighted by atomic mass is 9.99. The maximum absolute atomic E-state index is 5.86. The molecule has 0 spiro atoms. The fourth-order valence-corrected chi connectivity index (χ4v) is 1.76. The van der Waals surface area contributed by atoms with Crippen molar-refractivity contribution < 1.29 is 0 Å². The van der Waals surface area contributed by atoms with Crippen molar-refractivity contribution in [2.24, 2.45) is 17.6 Å². The zero-order valence-electron chi connectivity index (χ0n) is 5.64. The molecule has 0 radical (unpaired) electrons. The Balaban J connectivity index is 1.93. The zero-order valence-corrected chi connectivity index (χ0v) is 5.64. The van der Waals surface area contributed by atoms with Crippen LogP contribution in [-0.2, 0) is 0 Å². The third-order valence-corrected chi connectivity index (χ3v) is 2.54. The van der Waals surface area contributed by atoms with E-state index in [1.165, 1.54) is 19.4 Å². The van der Waals surface area contributed by atoms with Crippen molar-refractivity contribution in [3.8, 4) is 0 Å². The molecule has 0 aromatic carbocycles. The molecule has 3 N–H and O–H groups in total. The summed E-state index contributed by atoms with van der Waals surface area (Å²) >= 11 is 0. The smallest absolute Gasteiger partial charge is 0.0208 e. The topological polar surface area (TPSA) is 38.0 Å². The second kappa shape index (κ2) is 1.96. The molecular weight excluding hydrogens is 112 g/mol. The van der Waals surface area contributed by atoms with Crippen LogP contribution in [0.5, 0.6) is 0 Å². The zero-order chi connectivity index (χ0) is 6.27. The van der Waals surface area contributed by atoms with Crippen molar-refractivity contribution in [3.05, 3.63) is 0 Å². The van der Waals surface area contributed by atoms with Crippen molar-refractivity contribution in [1.29, 1.82) is 0 Å². The highest BCUT2D eigenvalue weighted by Gasteiger charge is 2.37. The molecule has 9 heavy (non-hydrogen) atoms. The Morgan fingerprint density at radius 2 is 2.00 bits per heavy atom. The maximum Gasteiger partial charge on any atom is 0.0208 e. The molecule has 1 heterocycles. The third kappa shape index (κ3) is 0.970. The number of nitrogens with two attached hydrogens (primary N) is 1. The molecule has 2 atom stereocenters. The molecule has 1 aliphatic heterocycles. The van der Waals surface area contributed by atoms with Crippen molar-refractivity contribution in [1.82, 2.24) is 5.32 Å². The van der Waals surface area contributed by atoms with Gasteiger partial charge in [-0.15, -0.1) is 0 Å². The monoisotopic (exact) mass is 126 g/mol. The van der Waals surface area contributed by atoms with Gasteiger partial charge in [-0.05, 0) is 31.2 Å². The van der Waals surface area contributed by atoms with Crippen LogP contribution < -0.4 is 11.1 Å². The Kier molecular flexibility index (Phi) is 1.24. The van der Waals surface area contributed by atoms with Crippen molar-refractivity contribution in [2.75, 3.05) is 13.1 Å². The molecule has 2 rings (SSSR count). The van der Waals surface area contributed by atoms with E-state index in [1.54, 1.807) is 0 Å². The van der Waals surface area contributed by atoms with Crippen molar-refractivity contribution in [3.63, 3.8) is 0 Å². The highest BCUT2D eigenvalue weighted by atomic mass is 15.0. The molecule has 0 aromatic rings. The number of nitrogens with one attached hydrogen (secondary N) is 1. The summed E-state index contributed by atoms with van der Waals surface area (Å²) < 4.78 is 0. The van der Waals surface area contributed by atoms with E-state index in [0.29, 0.717) is 6.04 Å². The first kappa shape index (κ1) is 5.69. The molecule has 1 saturated carbocycles. The predicted octanol–water partition coefficient (Wildman–Crippen LogP) is -0.0569. The van der Waals surface area contributed by atoms with Crippen LogP contribution in [0.4, 0.5) is 0 Å². The first-order chi connectivity index (χ1) is 4.38. The normalized spacial score (nSPS) is 43.7. The van der Waals surface area contributed by atoms with Gasteiger partial charge in [-0.25, -0.2) is 0 Å². The van der Waals surface area contributed by atoms with Gasteiger partial charge >= 0.3 is 0 Å². The Morgan fingerprint density at radius 3 is 2.44 bits per heavy atom. The molecule has 2 aliphatic rings. The van der Waals surface area contributed by atoms with Gasteiger partial charge in [-0.2, -0.15) is 0 Å². The van der Waals surface area contributed by atoms with Crippen LogP contribution in [0.2, 0.25) is 0 Å². The summed E-state index contributed by atoms with van der Waals surface area (Å²) in [5.74, 6) is 1.79. The van der Waals surface area contributed by atoms with E-state index in [0.717, 1.165) is 18.4 Å². The third-order valence-electron chi connectivity index (χ3n) is 2.54. The molecule has 52 valence electrons. The average Bonchev–Trinajstić information content (AvgIpc) is 2.58. The second-order valence-electron chi connectivity index (χ2n) is 3.32. The number of hydrogen-bond acceptors (Lipinski definition) is 2. The second-order valence-corrected chi connectivity index (χ2v) is 3.32. The molecule has 0 bridgehead atoms. The van der Waals surface area contributed by atoms with E-state index in [2.05, 4.69) is 5.32 Å². The largest absolute Gasteiger partial charge is 0.326 e. The maximum atomic E-state index is 5.86. The standard InChI is InChI=1S/C7H14N2/c8-7-4-9-3-6(7)5-1-2-5/h5-7,9H,1-4,8H2/t6-,7+/m0/s1. The summed E-state index contributed by atoms with van der Waals surface area (Å²) in [5.41, 5.74) is 5.86. The van der Waals surface area contributed by atoms with Gasteiger partial charge in [0.25, 0.3) is 0 Å². The lowest BCUT2D eigenvalue weighted by Gasteiger charge is -2.11. The molecule has 2 fully saturated rings. The molecule has 2 heteroatoms. The highest BCUT2D eigenvalue weighted by molar-refractivity contribution is 4.93. The van der Waals surface area contributed by atoms with E-state index < -0.39 is 0 Å².